The van der Waals surface area contributed by atoms with Gasteiger partial charge in [0.1, 0.15) is 22.8 Å². The maximum Gasteiger partial charge on any atom is 0.407 e. The molecule has 1 amide bonds. The molecule has 26 heavy (non-hydrogen) atoms. The summed E-state index contributed by atoms with van der Waals surface area (Å²) in [4.78, 5) is 11.6. The molecule has 2 aromatic rings. The maximum atomic E-state index is 11.6. The molecule has 0 aromatic heterocycles. The van der Waals surface area contributed by atoms with Crippen molar-refractivity contribution in [3.05, 3.63) is 49.1 Å². The molecule has 0 aliphatic heterocycles. The summed E-state index contributed by atoms with van der Waals surface area (Å²) in [6, 6.07) is 11.3. The van der Waals surface area contributed by atoms with Crippen LogP contribution in [0.5, 0.6) is 17.2 Å². The summed E-state index contributed by atoms with van der Waals surface area (Å²) in [5.74, 6) is 1.66. The van der Waals surface area contributed by atoms with Crippen LogP contribution in [0.1, 0.15) is 26.3 Å². The fourth-order valence-corrected chi connectivity index (χ4v) is 3.80. The van der Waals surface area contributed by atoms with E-state index in [9.17, 15) is 9.90 Å². The van der Waals surface area contributed by atoms with Crippen molar-refractivity contribution in [1.29, 1.82) is 0 Å². The zero-order chi connectivity index (χ0) is 19.3. The monoisotopic (exact) mass is 581 g/mol. The summed E-state index contributed by atoms with van der Waals surface area (Å²) >= 11 is 4.14. The summed E-state index contributed by atoms with van der Waals surface area (Å²) < 4.78 is 12.5. The Hall–Kier alpha value is -1.23. The van der Waals surface area contributed by atoms with Gasteiger partial charge in [-0.05, 0) is 102 Å². The molecule has 0 unspecified atom stereocenters. The zero-order valence-electron chi connectivity index (χ0n) is 14.8. The van der Waals surface area contributed by atoms with Gasteiger partial charge in [-0.2, -0.15) is 0 Å². The molecule has 5 nitrogen and oxygen atoms in total. The van der Waals surface area contributed by atoms with Crippen LogP contribution in [0.3, 0.4) is 0 Å². The van der Waals surface area contributed by atoms with Crippen LogP contribution in [0.25, 0.3) is 0 Å². The summed E-state index contributed by atoms with van der Waals surface area (Å²) in [6.07, 6.45) is 0.295. The van der Waals surface area contributed by atoms with Crippen LogP contribution in [-0.4, -0.2) is 23.3 Å². The Morgan fingerprint density at radius 2 is 1.65 bits per heavy atom. The third-order valence-electron chi connectivity index (χ3n) is 3.23. The van der Waals surface area contributed by atoms with Crippen molar-refractivity contribution < 1.29 is 19.4 Å². The van der Waals surface area contributed by atoms with E-state index in [-0.39, 0.29) is 5.75 Å². The molecule has 7 heteroatoms. The lowest BCUT2D eigenvalue weighted by Gasteiger charge is -2.19. The largest absolute Gasteiger partial charge is 0.506 e. The molecule has 2 N–H and O–H groups in total. The molecule has 0 atom stereocenters. The van der Waals surface area contributed by atoms with Gasteiger partial charge in [-0.25, -0.2) is 4.79 Å². The predicted molar refractivity (Wildman–Crippen MR) is 118 cm³/mol. The lowest BCUT2D eigenvalue weighted by molar-refractivity contribution is 0.0528. The molecule has 0 radical (unpaired) electrons. The molecule has 0 aliphatic rings. The molecule has 0 spiro atoms. The van der Waals surface area contributed by atoms with Crippen molar-refractivity contribution >= 4 is 51.3 Å². The SMILES string of the molecule is CC(C)(C)OC(=O)NCCc1ccc(Oc2cc(I)c(O)c(I)c2)cc1. The maximum absolute atomic E-state index is 11.6. The average molecular weight is 581 g/mol. The number of rotatable bonds is 5. The number of benzene rings is 2. The Morgan fingerprint density at radius 1 is 1.08 bits per heavy atom. The van der Waals surface area contributed by atoms with Gasteiger partial charge in [-0.3, -0.25) is 0 Å². The minimum atomic E-state index is -0.493. The van der Waals surface area contributed by atoms with E-state index in [2.05, 4.69) is 50.5 Å². The van der Waals surface area contributed by atoms with E-state index in [0.29, 0.717) is 24.5 Å². The summed E-state index contributed by atoms with van der Waals surface area (Å²) in [5, 5.41) is 12.5. The number of ether oxygens (including phenoxy) is 2. The first-order valence-corrected chi connectivity index (χ1v) is 10.2. The van der Waals surface area contributed by atoms with E-state index < -0.39 is 11.7 Å². The first-order valence-electron chi connectivity index (χ1n) is 8.06. The first kappa shape index (κ1) is 21.1. The van der Waals surface area contributed by atoms with E-state index in [0.717, 1.165) is 12.7 Å². The fraction of sp³-hybridized carbons (Fsp3) is 0.316. The van der Waals surface area contributed by atoms with Gasteiger partial charge in [0.2, 0.25) is 0 Å². The van der Waals surface area contributed by atoms with E-state index >= 15 is 0 Å². The van der Waals surface area contributed by atoms with Crippen molar-refractivity contribution in [2.45, 2.75) is 32.8 Å². The Labute approximate surface area is 180 Å². The molecule has 0 heterocycles. The van der Waals surface area contributed by atoms with Crippen molar-refractivity contribution in [3.63, 3.8) is 0 Å². The van der Waals surface area contributed by atoms with Crippen molar-refractivity contribution in [1.82, 2.24) is 5.32 Å². The Balaban J connectivity index is 1.87. The molecule has 0 saturated heterocycles. The molecule has 140 valence electrons. The van der Waals surface area contributed by atoms with Crippen molar-refractivity contribution in [3.8, 4) is 17.2 Å². The van der Waals surface area contributed by atoms with E-state index in [1.54, 1.807) is 12.1 Å². The Morgan fingerprint density at radius 3 is 2.19 bits per heavy atom. The standard InChI is InChI=1S/C19H21I2NO4/c1-19(2,3)26-18(24)22-9-8-12-4-6-13(7-5-12)25-14-10-15(20)17(23)16(21)11-14/h4-7,10-11,23H,8-9H2,1-3H3,(H,22,24). The number of hydrogen-bond acceptors (Lipinski definition) is 4. The normalized spacial score (nSPS) is 11.1. The van der Waals surface area contributed by atoms with Crippen LogP contribution in [-0.2, 0) is 11.2 Å². The number of carbonyl (C=O) groups is 1. The van der Waals surface area contributed by atoms with Crippen molar-refractivity contribution in [2.24, 2.45) is 0 Å². The van der Waals surface area contributed by atoms with Gasteiger partial charge in [0.25, 0.3) is 0 Å². The quantitative estimate of drug-likeness (QED) is 0.461. The van der Waals surface area contributed by atoms with Gasteiger partial charge in [0.15, 0.2) is 0 Å². The molecule has 2 rings (SSSR count). The minimum Gasteiger partial charge on any atom is -0.506 e. The van der Waals surface area contributed by atoms with E-state index in [1.165, 1.54) is 0 Å². The highest BCUT2D eigenvalue weighted by Gasteiger charge is 2.15. The second kappa shape index (κ2) is 9.12. The lowest BCUT2D eigenvalue weighted by Crippen LogP contribution is -2.33. The van der Waals surface area contributed by atoms with Crippen LogP contribution >= 0.6 is 45.2 Å². The number of amides is 1. The molecule has 2 aromatic carbocycles. The summed E-state index contributed by atoms with van der Waals surface area (Å²) in [7, 11) is 0. The zero-order valence-corrected chi connectivity index (χ0v) is 19.1. The van der Waals surface area contributed by atoms with Crippen LogP contribution in [0.15, 0.2) is 36.4 Å². The molecule has 0 aliphatic carbocycles. The van der Waals surface area contributed by atoms with Gasteiger partial charge >= 0.3 is 6.09 Å². The first-order chi connectivity index (χ1) is 12.1. The lowest BCUT2D eigenvalue weighted by atomic mass is 10.1. The number of aromatic hydroxyl groups is 1. The second-order valence-electron chi connectivity index (χ2n) is 6.66. The molecule has 0 saturated carbocycles. The highest BCUT2D eigenvalue weighted by Crippen LogP contribution is 2.32. The highest BCUT2D eigenvalue weighted by molar-refractivity contribution is 14.1. The van der Waals surface area contributed by atoms with Crippen LogP contribution in [0.4, 0.5) is 4.79 Å². The number of phenolic OH excluding ortho intramolecular Hbond substituents is 1. The summed E-state index contributed by atoms with van der Waals surface area (Å²) in [6.45, 7) is 6.01. The summed E-state index contributed by atoms with van der Waals surface area (Å²) in [5.41, 5.74) is 0.593. The number of alkyl carbamates (subject to hydrolysis) is 1. The predicted octanol–water partition coefficient (Wildman–Crippen LogP) is 5.46. The van der Waals surface area contributed by atoms with Gasteiger partial charge in [-0.1, -0.05) is 12.1 Å². The number of carbonyl (C=O) groups excluding carboxylic acids is 1. The van der Waals surface area contributed by atoms with Gasteiger partial charge in [0, 0.05) is 6.54 Å². The highest BCUT2D eigenvalue weighted by atomic mass is 127. The van der Waals surface area contributed by atoms with Crippen molar-refractivity contribution in [2.75, 3.05) is 6.54 Å². The van der Waals surface area contributed by atoms with Gasteiger partial charge < -0.3 is 19.9 Å². The number of hydrogen-bond donors (Lipinski definition) is 2. The topological polar surface area (TPSA) is 67.8 Å². The molecular formula is C19H21I2NO4. The second-order valence-corrected chi connectivity index (χ2v) is 8.98. The minimum absolute atomic E-state index is 0.270. The van der Waals surface area contributed by atoms with Crippen LogP contribution < -0.4 is 10.1 Å². The third-order valence-corrected chi connectivity index (χ3v) is 4.88. The number of halogens is 2. The number of nitrogens with one attached hydrogen (secondary N) is 1. The van der Waals surface area contributed by atoms with Gasteiger partial charge in [0.05, 0.1) is 7.14 Å². The Kier molecular flexibility index (Phi) is 7.39. The molecule has 0 bridgehead atoms. The fourth-order valence-electron chi connectivity index (χ4n) is 2.08. The molecular weight excluding hydrogens is 560 g/mol. The third kappa shape index (κ3) is 6.82. The van der Waals surface area contributed by atoms with Gasteiger partial charge in [-0.15, -0.1) is 0 Å². The smallest absolute Gasteiger partial charge is 0.407 e. The molecule has 0 fully saturated rings. The van der Waals surface area contributed by atoms with Crippen LogP contribution in [0, 0.1) is 7.14 Å². The Bertz CT molecular complexity index is 747. The average Bonchev–Trinajstić information content (AvgIpc) is 2.52. The van der Waals surface area contributed by atoms with Crippen LogP contribution in [0.2, 0.25) is 0 Å². The van der Waals surface area contributed by atoms with E-state index in [1.807, 2.05) is 45.0 Å². The number of phenols is 1. The van der Waals surface area contributed by atoms with E-state index in [4.69, 9.17) is 9.47 Å².